The zero-order chi connectivity index (χ0) is 15.4. The Kier molecular flexibility index (Phi) is 4.50. The SMILES string of the molecule is N#Cc1cc(Br)ccc1NC(=O)Nc1ccc(F)cc1F. The predicted molar refractivity (Wildman–Crippen MR) is 77.9 cm³/mol. The summed E-state index contributed by atoms with van der Waals surface area (Å²) >= 11 is 3.21. The Morgan fingerprint density at radius 2 is 1.76 bits per heavy atom. The van der Waals surface area contributed by atoms with Gasteiger partial charge in [-0.3, -0.25) is 0 Å². The Hall–Kier alpha value is -2.46. The van der Waals surface area contributed by atoms with Gasteiger partial charge in [0, 0.05) is 10.5 Å². The van der Waals surface area contributed by atoms with Crippen molar-refractivity contribution in [1.29, 1.82) is 5.26 Å². The maximum Gasteiger partial charge on any atom is 0.323 e. The Morgan fingerprint density at radius 1 is 1.10 bits per heavy atom. The van der Waals surface area contributed by atoms with E-state index in [0.717, 1.165) is 12.1 Å². The summed E-state index contributed by atoms with van der Waals surface area (Å²) in [6, 6.07) is 8.70. The number of carbonyl (C=O) groups excluding carboxylic acids is 1. The molecule has 0 aliphatic heterocycles. The Labute approximate surface area is 127 Å². The normalized spacial score (nSPS) is 9.81. The van der Waals surface area contributed by atoms with Crippen molar-refractivity contribution in [3.63, 3.8) is 0 Å². The van der Waals surface area contributed by atoms with Crippen molar-refractivity contribution in [3.8, 4) is 6.07 Å². The van der Waals surface area contributed by atoms with E-state index in [1.165, 1.54) is 12.1 Å². The Balaban J connectivity index is 2.14. The number of halogens is 3. The molecule has 2 rings (SSSR count). The summed E-state index contributed by atoms with van der Waals surface area (Å²) in [4.78, 5) is 11.8. The summed E-state index contributed by atoms with van der Waals surface area (Å²) in [7, 11) is 0. The molecule has 0 radical (unpaired) electrons. The molecule has 0 bridgehead atoms. The molecule has 0 atom stereocenters. The fourth-order valence-corrected chi connectivity index (χ4v) is 1.95. The number of nitrogens with one attached hydrogen (secondary N) is 2. The Morgan fingerprint density at radius 3 is 2.43 bits per heavy atom. The number of nitrogens with zero attached hydrogens (tertiary/aromatic N) is 1. The maximum absolute atomic E-state index is 13.4. The summed E-state index contributed by atoms with van der Waals surface area (Å²) < 4.78 is 26.9. The van der Waals surface area contributed by atoms with Gasteiger partial charge in [-0.15, -0.1) is 0 Å². The standard InChI is InChI=1S/C14H8BrF2N3O/c15-9-1-3-12(8(5-9)7-18)19-14(21)20-13-4-2-10(16)6-11(13)17/h1-6H,(H2,19,20,21). The lowest BCUT2D eigenvalue weighted by Crippen LogP contribution is -2.20. The number of urea groups is 1. The fourth-order valence-electron chi connectivity index (χ4n) is 1.58. The molecule has 21 heavy (non-hydrogen) atoms. The van der Waals surface area contributed by atoms with E-state index in [0.29, 0.717) is 10.5 Å². The monoisotopic (exact) mass is 351 g/mol. The van der Waals surface area contributed by atoms with Gasteiger partial charge in [0.05, 0.1) is 16.9 Å². The summed E-state index contributed by atoms with van der Waals surface area (Å²) in [5, 5.41) is 13.6. The number of anilines is 2. The van der Waals surface area contributed by atoms with Crippen LogP contribution in [0, 0.1) is 23.0 Å². The van der Waals surface area contributed by atoms with Crippen LogP contribution in [0.4, 0.5) is 25.0 Å². The first-order chi connectivity index (χ1) is 9.99. The van der Waals surface area contributed by atoms with Gasteiger partial charge in [0.2, 0.25) is 0 Å². The molecule has 0 spiro atoms. The van der Waals surface area contributed by atoms with E-state index in [1.54, 1.807) is 6.07 Å². The van der Waals surface area contributed by atoms with Crippen LogP contribution in [-0.2, 0) is 0 Å². The van der Waals surface area contributed by atoms with Crippen LogP contribution >= 0.6 is 15.9 Å². The fraction of sp³-hybridized carbons (Fsp3) is 0. The second-order valence-electron chi connectivity index (χ2n) is 4.01. The van der Waals surface area contributed by atoms with Crippen molar-refractivity contribution in [1.82, 2.24) is 0 Å². The second kappa shape index (κ2) is 6.33. The highest BCUT2D eigenvalue weighted by Crippen LogP contribution is 2.21. The van der Waals surface area contributed by atoms with Gasteiger partial charge in [-0.05, 0) is 30.3 Å². The summed E-state index contributed by atoms with van der Waals surface area (Å²) in [5.41, 5.74) is 0.365. The van der Waals surface area contributed by atoms with Gasteiger partial charge >= 0.3 is 6.03 Å². The van der Waals surface area contributed by atoms with E-state index in [9.17, 15) is 13.6 Å². The molecular weight excluding hydrogens is 344 g/mol. The molecule has 2 aromatic carbocycles. The van der Waals surface area contributed by atoms with E-state index in [-0.39, 0.29) is 16.9 Å². The van der Waals surface area contributed by atoms with E-state index in [2.05, 4.69) is 26.6 Å². The van der Waals surface area contributed by atoms with Crippen LogP contribution in [0.15, 0.2) is 40.9 Å². The number of hydrogen-bond acceptors (Lipinski definition) is 2. The number of amides is 2. The van der Waals surface area contributed by atoms with E-state index in [4.69, 9.17) is 5.26 Å². The van der Waals surface area contributed by atoms with Crippen molar-refractivity contribution in [2.75, 3.05) is 10.6 Å². The third-order valence-electron chi connectivity index (χ3n) is 2.53. The van der Waals surface area contributed by atoms with Crippen LogP contribution in [0.3, 0.4) is 0 Å². The highest BCUT2D eigenvalue weighted by molar-refractivity contribution is 9.10. The van der Waals surface area contributed by atoms with Crippen LogP contribution < -0.4 is 10.6 Å². The molecular formula is C14H8BrF2N3O. The summed E-state index contributed by atoms with van der Waals surface area (Å²) in [5.74, 6) is -1.63. The molecule has 0 aliphatic rings. The molecule has 7 heteroatoms. The van der Waals surface area contributed by atoms with Gasteiger partial charge in [0.15, 0.2) is 0 Å². The minimum Gasteiger partial charge on any atom is -0.306 e. The van der Waals surface area contributed by atoms with Crippen LogP contribution in [0.5, 0.6) is 0 Å². The number of carbonyl (C=O) groups is 1. The molecule has 0 saturated carbocycles. The number of rotatable bonds is 2. The van der Waals surface area contributed by atoms with Gasteiger partial charge in [-0.25, -0.2) is 13.6 Å². The van der Waals surface area contributed by atoms with Crippen molar-refractivity contribution < 1.29 is 13.6 Å². The maximum atomic E-state index is 13.4. The van der Waals surface area contributed by atoms with Crippen molar-refractivity contribution >= 4 is 33.3 Å². The smallest absolute Gasteiger partial charge is 0.306 e. The minimum atomic E-state index is -0.888. The summed E-state index contributed by atoms with van der Waals surface area (Å²) in [6.07, 6.45) is 0. The number of hydrogen-bond donors (Lipinski definition) is 2. The first-order valence-corrected chi connectivity index (χ1v) is 6.51. The van der Waals surface area contributed by atoms with Gasteiger partial charge in [-0.2, -0.15) is 5.26 Å². The molecule has 0 fully saturated rings. The van der Waals surface area contributed by atoms with Crippen LogP contribution in [0.2, 0.25) is 0 Å². The molecule has 0 heterocycles. The molecule has 0 saturated heterocycles. The lowest BCUT2D eigenvalue weighted by molar-refractivity contribution is 0.262. The molecule has 2 aromatic rings. The quantitative estimate of drug-likeness (QED) is 0.849. The molecule has 4 nitrogen and oxygen atoms in total. The zero-order valence-electron chi connectivity index (χ0n) is 10.5. The third kappa shape index (κ3) is 3.77. The third-order valence-corrected chi connectivity index (χ3v) is 3.02. The van der Waals surface area contributed by atoms with Crippen LogP contribution in [0.1, 0.15) is 5.56 Å². The molecule has 2 N–H and O–H groups in total. The zero-order valence-corrected chi connectivity index (χ0v) is 12.0. The summed E-state index contributed by atoms with van der Waals surface area (Å²) in [6.45, 7) is 0. The molecule has 2 amide bonds. The predicted octanol–water partition coefficient (Wildman–Crippen LogP) is 4.24. The number of nitriles is 1. The number of benzene rings is 2. The van der Waals surface area contributed by atoms with E-state index < -0.39 is 17.7 Å². The minimum absolute atomic E-state index is 0.162. The largest absolute Gasteiger partial charge is 0.323 e. The van der Waals surface area contributed by atoms with Gasteiger partial charge in [0.25, 0.3) is 0 Å². The van der Waals surface area contributed by atoms with Crippen molar-refractivity contribution in [3.05, 3.63) is 58.1 Å². The highest BCUT2D eigenvalue weighted by Gasteiger charge is 2.10. The van der Waals surface area contributed by atoms with E-state index >= 15 is 0 Å². The van der Waals surface area contributed by atoms with Gasteiger partial charge in [0.1, 0.15) is 17.7 Å². The molecule has 0 aromatic heterocycles. The second-order valence-corrected chi connectivity index (χ2v) is 4.92. The lowest BCUT2D eigenvalue weighted by atomic mass is 10.2. The molecule has 106 valence electrons. The van der Waals surface area contributed by atoms with Crippen molar-refractivity contribution in [2.45, 2.75) is 0 Å². The first kappa shape index (κ1) is 14.9. The first-order valence-electron chi connectivity index (χ1n) is 5.72. The topological polar surface area (TPSA) is 64.9 Å². The lowest BCUT2D eigenvalue weighted by Gasteiger charge is -2.09. The van der Waals surface area contributed by atoms with Gasteiger partial charge < -0.3 is 10.6 Å². The average Bonchev–Trinajstić information content (AvgIpc) is 2.44. The van der Waals surface area contributed by atoms with Crippen LogP contribution in [0.25, 0.3) is 0 Å². The van der Waals surface area contributed by atoms with Crippen molar-refractivity contribution in [2.24, 2.45) is 0 Å². The highest BCUT2D eigenvalue weighted by atomic mass is 79.9. The molecule has 0 aliphatic carbocycles. The van der Waals surface area contributed by atoms with Crippen LogP contribution in [-0.4, -0.2) is 6.03 Å². The van der Waals surface area contributed by atoms with E-state index in [1.807, 2.05) is 6.07 Å². The molecule has 0 unspecified atom stereocenters. The van der Waals surface area contributed by atoms with Gasteiger partial charge in [-0.1, -0.05) is 15.9 Å². The Bertz CT molecular complexity index is 743. The average molecular weight is 352 g/mol.